The van der Waals surface area contributed by atoms with E-state index < -0.39 is 4.92 Å². The Labute approximate surface area is 108 Å². The molecule has 2 aromatic rings. The minimum absolute atomic E-state index is 0.136. The molecule has 0 radical (unpaired) electrons. The number of aromatic nitrogens is 2. The third-order valence-electron chi connectivity index (χ3n) is 2.51. The van der Waals surface area contributed by atoms with Gasteiger partial charge in [-0.1, -0.05) is 12.1 Å². The summed E-state index contributed by atoms with van der Waals surface area (Å²) in [5, 5.41) is 22.7. The molecule has 7 heteroatoms. The van der Waals surface area contributed by atoms with Crippen molar-refractivity contribution in [3.63, 3.8) is 0 Å². The topological polar surface area (TPSA) is 105 Å². The zero-order valence-corrected chi connectivity index (χ0v) is 9.99. The molecule has 7 nitrogen and oxygen atoms in total. The van der Waals surface area contributed by atoms with E-state index in [1.165, 1.54) is 6.33 Å². The summed E-state index contributed by atoms with van der Waals surface area (Å²) in [6, 6.07) is 8.47. The van der Waals surface area contributed by atoms with Crippen LogP contribution in [0.3, 0.4) is 0 Å². The molecule has 0 spiro atoms. The second kappa shape index (κ2) is 5.10. The minimum atomic E-state index is -0.541. The molecule has 1 N–H and O–H groups in total. The number of hydrogen-bond acceptors (Lipinski definition) is 6. The van der Waals surface area contributed by atoms with Crippen molar-refractivity contribution in [1.82, 2.24) is 9.97 Å². The Morgan fingerprint density at radius 3 is 2.84 bits per heavy atom. The first kappa shape index (κ1) is 12.4. The lowest BCUT2D eigenvalue weighted by Crippen LogP contribution is -2.03. The molecule has 19 heavy (non-hydrogen) atoms. The van der Waals surface area contributed by atoms with Gasteiger partial charge in [0.25, 0.3) is 0 Å². The van der Waals surface area contributed by atoms with Gasteiger partial charge in [-0.15, -0.1) is 0 Å². The van der Waals surface area contributed by atoms with E-state index in [0.29, 0.717) is 11.1 Å². The van der Waals surface area contributed by atoms with Gasteiger partial charge in [0.15, 0.2) is 5.69 Å². The Bertz CT molecular complexity index is 678. The first-order valence-electron chi connectivity index (χ1n) is 5.35. The molecule has 0 aliphatic rings. The quantitative estimate of drug-likeness (QED) is 0.664. The highest BCUT2D eigenvalue weighted by Gasteiger charge is 2.23. The lowest BCUT2D eigenvalue weighted by molar-refractivity contribution is -0.383. The van der Waals surface area contributed by atoms with Gasteiger partial charge in [0.1, 0.15) is 6.33 Å². The molecule has 1 aromatic heterocycles. The largest absolute Gasteiger partial charge is 0.367 e. The Morgan fingerprint density at radius 1 is 1.42 bits per heavy atom. The molecule has 0 fully saturated rings. The van der Waals surface area contributed by atoms with E-state index in [9.17, 15) is 10.1 Å². The zero-order chi connectivity index (χ0) is 13.8. The Kier molecular flexibility index (Phi) is 3.34. The molecule has 0 saturated carbocycles. The van der Waals surface area contributed by atoms with Gasteiger partial charge < -0.3 is 5.32 Å². The Hall–Kier alpha value is -3.01. The average Bonchev–Trinajstić information content (AvgIpc) is 2.46. The van der Waals surface area contributed by atoms with Crippen LogP contribution in [0.1, 0.15) is 5.56 Å². The summed E-state index contributed by atoms with van der Waals surface area (Å²) in [6.45, 7) is 0. The third-order valence-corrected chi connectivity index (χ3v) is 2.51. The normalized spacial score (nSPS) is 9.68. The van der Waals surface area contributed by atoms with Crippen LogP contribution in [-0.4, -0.2) is 21.9 Å². The first-order chi connectivity index (χ1) is 9.17. The first-order valence-corrected chi connectivity index (χ1v) is 5.35. The third kappa shape index (κ3) is 2.32. The lowest BCUT2D eigenvalue weighted by atomic mass is 10.1. The molecule has 0 saturated heterocycles. The predicted octanol–water partition coefficient (Wildman–Crippen LogP) is 1.97. The van der Waals surface area contributed by atoms with Gasteiger partial charge in [-0.05, 0) is 12.1 Å². The molecule has 94 valence electrons. The molecule has 0 aliphatic heterocycles. The number of nitrogens with one attached hydrogen (secondary N) is 1. The van der Waals surface area contributed by atoms with Crippen LogP contribution in [0.4, 0.5) is 11.5 Å². The SMILES string of the molecule is CNc1ncnc(-c2cccc(C#N)c2)c1[N+](=O)[O-]. The highest BCUT2D eigenvalue weighted by molar-refractivity contribution is 5.77. The van der Waals surface area contributed by atoms with Crippen LogP contribution in [0.5, 0.6) is 0 Å². The van der Waals surface area contributed by atoms with Crippen LogP contribution in [0, 0.1) is 21.4 Å². The van der Waals surface area contributed by atoms with Crippen molar-refractivity contribution in [3.8, 4) is 17.3 Å². The number of rotatable bonds is 3. The van der Waals surface area contributed by atoms with Gasteiger partial charge in [-0.2, -0.15) is 5.26 Å². The van der Waals surface area contributed by atoms with Gasteiger partial charge in [-0.25, -0.2) is 9.97 Å². The van der Waals surface area contributed by atoms with Gasteiger partial charge in [-0.3, -0.25) is 10.1 Å². The van der Waals surface area contributed by atoms with Crippen molar-refractivity contribution in [1.29, 1.82) is 5.26 Å². The second-order valence-electron chi connectivity index (χ2n) is 3.62. The molecule has 0 amide bonds. The monoisotopic (exact) mass is 255 g/mol. The van der Waals surface area contributed by atoms with E-state index in [-0.39, 0.29) is 17.2 Å². The van der Waals surface area contributed by atoms with Crippen LogP contribution < -0.4 is 5.32 Å². The number of hydrogen-bond donors (Lipinski definition) is 1. The van der Waals surface area contributed by atoms with Crippen molar-refractivity contribution in [2.75, 3.05) is 12.4 Å². The van der Waals surface area contributed by atoms with Crippen LogP contribution in [0.2, 0.25) is 0 Å². The summed E-state index contributed by atoms with van der Waals surface area (Å²) in [5.74, 6) is 0.136. The summed E-state index contributed by atoms with van der Waals surface area (Å²) in [4.78, 5) is 18.4. The maximum absolute atomic E-state index is 11.1. The number of nitro groups is 1. The molecule has 0 atom stereocenters. The summed E-state index contributed by atoms with van der Waals surface area (Å²) in [7, 11) is 1.55. The zero-order valence-electron chi connectivity index (χ0n) is 9.99. The fourth-order valence-corrected chi connectivity index (χ4v) is 1.68. The summed E-state index contributed by atoms with van der Waals surface area (Å²) in [5.41, 5.74) is 0.891. The van der Waals surface area contributed by atoms with Crippen LogP contribution >= 0.6 is 0 Å². The fourth-order valence-electron chi connectivity index (χ4n) is 1.68. The predicted molar refractivity (Wildman–Crippen MR) is 68.4 cm³/mol. The number of anilines is 1. The van der Waals surface area contributed by atoms with E-state index in [1.54, 1.807) is 31.3 Å². The molecule has 0 unspecified atom stereocenters. The molecule has 1 aromatic carbocycles. The van der Waals surface area contributed by atoms with Gasteiger partial charge in [0, 0.05) is 12.6 Å². The smallest absolute Gasteiger partial charge is 0.337 e. The standard InChI is InChI=1S/C12H9N5O2/c1-14-12-11(17(18)19)10(15-7-16-12)9-4-2-3-8(5-9)6-13/h2-5,7H,1H3,(H,14,15,16). The van der Waals surface area contributed by atoms with Crippen molar-refractivity contribution in [3.05, 3.63) is 46.3 Å². The van der Waals surface area contributed by atoms with Crippen LogP contribution in [0.15, 0.2) is 30.6 Å². The van der Waals surface area contributed by atoms with E-state index in [2.05, 4.69) is 15.3 Å². The van der Waals surface area contributed by atoms with Crippen molar-refractivity contribution >= 4 is 11.5 Å². The van der Waals surface area contributed by atoms with E-state index in [4.69, 9.17) is 5.26 Å². The van der Waals surface area contributed by atoms with Gasteiger partial charge >= 0.3 is 5.69 Å². The van der Waals surface area contributed by atoms with Gasteiger partial charge in [0.05, 0.1) is 16.6 Å². The van der Waals surface area contributed by atoms with E-state index >= 15 is 0 Å². The molecular formula is C12H9N5O2. The summed E-state index contributed by atoms with van der Waals surface area (Å²) in [6.07, 6.45) is 1.24. The summed E-state index contributed by atoms with van der Waals surface area (Å²) >= 11 is 0. The van der Waals surface area contributed by atoms with E-state index in [1.807, 2.05) is 6.07 Å². The van der Waals surface area contributed by atoms with Crippen molar-refractivity contribution in [2.45, 2.75) is 0 Å². The average molecular weight is 255 g/mol. The van der Waals surface area contributed by atoms with Crippen molar-refractivity contribution < 1.29 is 4.92 Å². The van der Waals surface area contributed by atoms with Gasteiger partial charge in [0.2, 0.25) is 5.82 Å². The summed E-state index contributed by atoms with van der Waals surface area (Å²) < 4.78 is 0. The Morgan fingerprint density at radius 2 is 2.21 bits per heavy atom. The molecular weight excluding hydrogens is 246 g/mol. The Balaban J connectivity index is 2.68. The minimum Gasteiger partial charge on any atom is -0.367 e. The maximum Gasteiger partial charge on any atom is 0.337 e. The highest BCUT2D eigenvalue weighted by Crippen LogP contribution is 2.32. The maximum atomic E-state index is 11.1. The lowest BCUT2D eigenvalue weighted by Gasteiger charge is -2.05. The molecule has 2 rings (SSSR count). The van der Waals surface area contributed by atoms with Crippen LogP contribution in [-0.2, 0) is 0 Å². The van der Waals surface area contributed by atoms with E-state index in [0.717, 1.165) is 0 Å². The number of benzene rings is 1. The molecule has 1 heterocycles. The highest BCUT2D eigenvalue weighted by atomic mass is 16.6. The number of nitrogens with zero attached hydrogens (tertiary/aromatic N) is 4. The van der Waals surface area contributed by atoms with Crippen molar-refractivity contribution in [2.24, 2.45) is 0 Å². The molecule has 0 bridgehead atoms. The van der Waals surface area contributed by atoms with Crippen LogP contribution in [0.25, 0.3) is 11.3 Å². The fraction of sp³-hybridized carbons (Fsp3) is 0.0833. The second-order valence-corrected chi connectivity index (χ2v) is 3.62. The number of nitriles is 1. The molecule has 0 aliphatic carbocycles.